The molecule has 0 aliphatic rings. The molecule has 2 rings (SSSR count). The quantitative estimate of drug-likeness (QED) is 0.847. The highest BCUT2D eigenvalue weighted by Crippen LogP contribution is 2.33. The predicted octanol–water partition coefficient (Wildman–Crippen LogP) is 2.18. The summed E-state index contributed by atoms with van der Waals surface area (Å²) < 4.78 is 23.4. The molecular weight excluding hydrogens is 294 g/mol. The van der Waals surface area contributed by atoms with Crippen LogP contribution >= 0.6 is 11.3 Å². The molecule has 0 aliphatic carbocycles. The summed E-state index contributed by atoms with van der Waals surface area (Å²) in [6.45, 7) is 2.01. The molecule has 4 N–H and O–H groups in total. The fraction of sp³-hybridized carbons (Fsp3) is 0.231. The van der Waals surface area contributed by atoms with Gasteiger partial charge in [0.1, 0.15) is 4.90 Å². The third kappa shape index (κ3) is 2.95. The monoisotopic (exact) mass is 311 g/mol. The van der Waals surface area contributed by atoms with Gasteiger partial charge in [0.2, 0.25) is 10.0 Å². The van der Waals surface area contributed by atoms with E-state index in [-0.39, 0.29) is 10.9 Å². The Morgan fingerprint density at radius 2 is 2.00 bits per heavy atom. The van der Waals surface area contributed by atoms with E-state index in [2.05, 4.69) is 0 Å². The second-order valence-electron chi connectivity index (χ2n) is 4.57. The van der Waals surface area contributed by atoms with Gasteiger partial charge in [-0.15, -0.1) is 11.3 Å². The number of hydrogen-bond donors (Lipinski definition) is 2. The van der Waals surface area contributed by atoms with Crippen molar-refractivity contribution in [3.05, 3.63) is 40.6 Å². The van der Waals surface area contributed by atoms with Crippen LogP contribution < -0.4 is 15.8 Å². The normalized spacial score (nSPS) is 13.2. The Morgan fingerprint density at radius 1 is 1.30 bits per heavy atom. The van der Waals surface area contributed by atoms with Crippen molar-refractivity contribution in [2.24, 2.45) is 5.14 Å². The summed E-state index contributed by atoms with van der Waals surface area (Å²) in [7, 11) is -1.98. The lowest BCUT2D eigenvalue weighted by Crippen LogP contribution is -2.24. The van der Waals surface area contributed by atoms with Crippen molar-refractivity contribution in [1.29, 1.82) is 0 Å². The lowest BCUT2D eigenvalue weighted by atomic mass is 10.2. The lowest BCUT2D eigenvalue weighted by molar-refractivity contribution is 0.597. The number of nitrogen functional groups attached to an aromatic ring is 1. The molecule has 7 heteroatoms. The predicted molar refractivity (Wildman–Crippen MR) is 83.4 cm³/mol. The number of benzene rings is 1. The van der Waals surface area contributed by atoms with Crippen molar-refractivity contribution in [2.75, 3.05) is 17.7 Å². The summed E-state index contributed by atoms with van der Waals surface area (Å²) >= 11 is 1.62. The molecular formula is C13H17N3O2S2. The number of nitrogens with two attached hydrogens (primary N) is 2. The molecule has 1 aromatic carbocycles. The van der Waals surface area contributed by atoms with Crippen molar-refractivity contribution in [3.8, 4) is 0 Å². The third-order valence-corrected chi connectivity index (χ3v) is 5.19. The van der Waals surface area contributed by atoms with Crippen molar-refractivity contribution in [1.82, 2.24) is 0 Å². The second-order valence-corrected chi connectivity index (χ2v) is 7.08. The van der Waals surface area contributed by atoms with Crippen molar-refractivity contribution in [3.63, 3.8) is 0 Å². The first kappa shape index (κ1) is 14.8. The Hall–Kier alpha value is -1.57. The van der Waals surface area contributed by atoms with Crippen LogP contribution in [0.4, 0.5) is 11.4 Å². The van der Waals surface area contributed by atoms with Crippen LogP contribution in [0.3, 0.4) is 0 Å². The highest BCUT2D eigenvalue weighted by Gasteiger charge is 2.21. The zero-order valence-electron chi connectivity index (χ0n) is 11.3. The van der Waals surface area contributed by atoms with Gasteiger partial charge in [0.15, 0.2) is 0 Å². The Labute approximate surface area is 122 Å². The molecule has 0 fully saturated rings. The number of nitrogens with zero attached hydrogens (tertiary/aromatic N) is 1. The maximum absolute atomic E-state index is 11.7. The molecule has 1 unspecified atom stereocenters. The maximum atomic E-state index is 11.7. The largest absolute Gasteiger partial charge is 0.399 e. The highest BCUT2D eigenvalue weighted by atomic mass is 32.2. The van der Waals surface area contributed by atoms with Crippen LogP contribution in [-0.2, 0) is 10.0 Å². The van der Waals surface area contributed by atoms with E-state index in [0.29, 0.717) is 11.4 Å². The SMILES string of the molecule is CC(c1cccs1)N(C)c1ccc(N)cc1S(N)(=O)=O. The molecule has 1 atom stereocenters. The highest BCUT2D eigenvalue weighted by molar-refractivity contribution is 7.89. The Bertz CT molecular complexity index is 696. The maximum Gasteiger partial charge on any atom is 0.240 e. The van der Waals surface area contributed by atoms with Crippen LogP contribution in [-0.4, -0.2) is 15.5 Å². The summed E-state index contributed by atoms with van der Waals surface area (Å²) in [6, 6.07) is 8.76. The summed E-state index contributed by atoms with van der Waals surface area (Å²) in [5.41, 5.74) is 6.57. The van der Waals surface area contributed by atoms with E-state index in [1.807, 2.05) is 36.4 Å². The number of sulfonamides is 1. The van der Waals surface area contributed by atoms with Crippen molar-refractivity contribution in [2.45, 2.75) is 17.9 Å². The molecule has 0 aliphatic heterocycles. The zero-order valence-corrected chi connectivity index (χ0v) is 12.9. The lowest BCUT2D eigenvalue weighted by Gasteiger charge is -2.28. The number of rotatable bonds is 4. The minimum atomic E-state index is -3.82. The van der Waals surface area contributed by atoms with E-state index in [1.165, 1.54) is 6.07 Å². The van der Waals surface area contributed by atoms with Crippen molar-refractivity contribution >= 4 is 32.7 Å². The summed E-state index contributed by atoms with van der Waals surface area (Å²) in [6.07, 6.45) is 0. The Kier molecular flexibility index (Phi) is 4.03. The van der Waals surface area contributed by atoms with E-state index in [9.17, 15) is 8.42 Å². The zero-order chi connectivity index (χ0) is 14.9. The van der Waals surface area contributed by atoms with Gasteiger partial charge in [-0.25, -0.2) is 13.6 Å². The summed E-state index contributed by atoms with van der Waals surface area (Å²) in [4.78, 5) is 3.07. The van der Waals surface area contributed by atoms with Gasteiger partial charge >= 0.3 is 0 Å². The minimum absolute atomic E-state index is 0.0409. The van der Waals surface area contributed by atoms with Gasteiger partial charge in [-0.3, -0.25) is 0 Å². The second kappa shape index (κ2) is 5.43. The van der Waals surface area contributed by atoms with E-state index in [1.54, 1.807) is 23.5 Å². The number of anilines is 2. The summed E-state index contributed by atoms with van der Waals surface area (Å²) in [5, 5.41) is 7.27. The topological polar surface area (TPSA) is 89.4 Å². The first-order chi connectivity index (χ1) is 9.30. The Balaban J connectivity index is 2.47. The Morgan fingerprint density at radius 3 is 2.55 bits per heavy atom. The van der Waals surface area contributed by atoms with E-state index in [4.69, 9.17) is 10.9 Å². The number of primary sulfonamides is 1. The first-order valence-electron chi connectivity index (χ1n) is 5.99. The molecule has 20 heavy (non-hydrogen) atoms. The van der Waals surface area contributed by atoms with E-state index in [0.717, 1.165) is 4.88 Å². The van der Waals surface area contributed by atoms with Gasteiger partial charge in [-0.05, 0) is 36.6 Å². The average Bonchev–Trinajstić information content (AvgIpc) is 2.89. The van der Waals surface area contributed by atoms with Crippen LogP contribution in [0.5, 0.6) is 0 Å². The summed E-state index contributed by atoms with van der Waals surface area (Å²) in [5.74, 6) is 0. The van der Waals surface area contributed by atoms with Crippen LogP contribution in [0.25, 0.3) is 0 Å². The molecule has 0 spiro atoms. The van der Waals surface area contributed by atoms with Gasteiger partial charge < -0.3 is 10.6 Å². The molecule has 0 amide bonds. The fourth-order valence-electron chi connectivity index (χ4n) is 1.98. The molecule has 0 radical (unpaired) electrons. The number of thiophene rings is 1. The average molecular weight is 311 g/mol. The molecule has 2 aromatic rings. The molecule has 0 saturated carbocycles. The molecule has 108 valence electrons. The van der Waals surface area contributed by atoms with Gasteiger partial charge in [0.25, 0.3) is 0 Å². The molecule has 1 aromatic heterocycles. The van der Waals surface area contributed by atoms with Gasteiger partial charge in [0.05, 0.1) is 11.7 Å². The molecule has 1 heterocycles. The third-order valence-electron chi connectivity index (χ3n) is 3.21. The van der Waals surface area contributed by atoms with Gasteiger partial charge in [-0.1, -0.05) is 6.07 Å². The standard InChI is InChI=1S/C13H17N3O2S2/c1-9(12-4-3-7-19-12)16(2)11-6-5-10(14)8-13(11)20(15,17)18/h3-9H,14H2,1-2H3,(H2,15,17,18). The molecule has 0 saturated heterocycles. The van der Waals surface area contributed by atoms with Crippen LogP contribution in [0.15, 0.2) is 40.6 Å². The fourth-order valence-corrected chi connectivity index (χ4v) is 3.61. The van der Waals surface area contributed by atoms with Crippen molar-refractivity contribution < 1.29 is 8.42 Å². The van der Waals surface area contributed by atoms with Gasteiger partial charge in [0, 0.05) is 17.6 Å². The van der Waals surface area contributed by atoms with Gasteiger partial charge in [-0.2, -0.15) is 0 Å². The minimum Gasteiger partial charge on any atom is -0.399 e. The smallest absolute Gasteiger partial charge is 0.240 e. The molecule has 5 nitrogen and oxygen atoms in total. The van der Waals surface area contributed by atoms with Crippen LogP contribution in [0.1, 0.15) is 17.8 Å². The number of hydrogen-bond acceptors (Lipinski definition) is 5. The first-order valence-corrected chi connectivity index (χ1v) is 8.42. The van der Waals surface area contributed by atoms with E-state index >= 15 is 0 Å². The molecule has 0 bridgehead atoms. The van der Waals surface area contributed by atoms with E-state index < -0.39 is 10.0 Å². The van der Waals surface area contributed by atoms with Crippen LogP contribution in [0.2, 0.25) is 0 Å². The van der Waals surface area contributed by atoms with Crippen LogP contribution in [0, 0.1) is 0 Å².